The molecule has 0 saturated carbocycles. The Morgan fingerprint density at radius 1 is 0.897 bits per heavy atom. The van der Waals surface area contributed by atoms with Gasteiger partial charge in [0.1, 0.15) is 0 Å². The van der Waals surface area contributed by atoms with E-state index in [4.69, 9.17) is 0 Å². The molecule has 0 aliphatic carbocycles. The van der Waals surface area contributed by atoms with E-state index < -0.39 is 0 Å². The van der Waals surface area contributed by atoms with Crippen LogP contribution in [0.2, 0.25) is 0 Å². The summed E-state index contributed by atoms with van der Waals surface area (Å²) in [7, 11) is 1.53. The maximum Gasteiger partial charge on any atom is 0.329 e. The van der Waals surface area contributed by atoms with E-state index in [0.29, 0.717) is 17.9 Å². The van der Waals surface area contributed by atoms with Crippen molar-refractivity contribution in [2.24, 2.45) is 0 Å². The number of nitrogens with zero attached hydrogens (tertiary/aromatic N) is 2. The van der Waals surface area contributed by atoms with Crippen molar-refractivity contribution in [1.29, 1.82) is 0 Å². The topological polar surface area (TPSA) is 97.2 Å². The van der Waals surface area contributed by atoms with Crippen molar-refractivity contribution in [3.05, 3.63) is 59.0 Å². The quantitative estimate of drug-likeness (QED) is 0.574. The highest BCUT2D eigenvalue weighted by Gasteiger charge is 2.13. The molecule has 0 spiro atoms. The second-order valence-electron chi connectivity index (χ2n) is 6.66. The summed E-state index contributed by atoms with van der Waals surface area (Å²) in [4.78, 5) is 36.6. The average molecular weight is 395 g/mol. The molecule has 0 atom stereocenters. The minimum Gasteiger partial charge on any atom is -0.341 e. The molecule has 2 aromatic carbocycles. The number of imidazole rings is 1. The Morgan fingerprint density at radius 3 is 2.14 bits per heavy atom. The predicted molar refractivity (Wildman–Crippen MR) is 114 cm³/mol. The lowest BCUT2D eigenvalue weighted by Gasteiger charge is -2.09. The molecule has 0 radical (unpaired) electrons. The standard InChI is InChI=1S/C21H25N5O3/c1-3-12-25-17-9-4-5-10-18(17)26(21(25)29)13-11-19(27)23-15-7-6-8-16(14-15)24-20(28)22-2/h4-10,14H,3,11-13H2,1-2H3,(H,23,27)(H2,22,24,28). The van der Waals surface area contributed by atoms with E-state index in [9.17, 15) is 14.4 Å². The molecule has 3 rings (SSSR count). The first-order chi connectivity index (χ1) is 14.0. The molecule has 0 aliphatic rings. The van der Waals surface area contributed by atoms with Gasteiger partial charge >= 0.3 is 11.7 Å². The first-order valence-corrected chi connectivity index (χ1v) is 9.60. The Hall–Kier alpha value is -3.55. The van der Waals surface area contributed by atoms with Gasteiger partial charge in [0.25, 0.3) is 0 Å². The number of rotatable bonds is 7. The zero-order valence-corrected chi connectivity index (χ0v) is 16.6. The van der Waals surface area contributed by atoms with Crippen LogP contribution in [-0.2, 0) is 17.9 Å². The van der Waals surface area contributed by atoms with Crippen molar-refractivity contribution in [3.8, 4) is 0 Å². The van der Waals surface area contributed by atoms with E-state index in [1.165, 1.54) is 7.05 Å². The van der Waals surface area contributed by atoms with Crippen LogP contribution in [0.25, 0.3) is 11.0 Å². The van der Waals surface area contributed by atoms with E-state index in [-0.39, 0.29) is 30.6 Å². The molecule has 3 N–H and O–H groups in total. The maximum atomic E-state index is 12.8. The predicted octanol–water partition coefficient (Wildman–Crippen LogP) is 2.99. The summed E-state index contributed by atoms with van der Waals surface area (Å²) in [5.74, 6) is -0.207. The van der Waals surface area contributed by atoms with Crippen LogP contribution in [0, 0.1) is 0 Å². The zero-order chi connectivity index (χ0) is 20.8. The Labute approximate surface area is 168 Å². The third-order valence-corrected chi connectivity index (χ3v) is 4.57. The van der Waals surface area contributed by atoms with Gasteiger partial charge in [-0.2, -0.15) is 0 Å². The lowest BCUT2D eigenvalue weighted by molar-refractivity contribution is -0.116. The number of anilines is 2. The molecule has 8 nitrogen and oxygen atoms in total. The molecule has 0 aliphatic heterocycles. The van der Waals surface area contributed by atoms with Crippen LogP contribution in [0.15, 0.2) is 53.3 Å². The van der Waals surface area contributed by atoms with Crippen LogP contribution in [0.5, 0.6) is 0 Å². The second-order valence-corrected chi connectivity index (χ2v) is 6.66. The Kier molecular flexibility index (Phi) is 6.33. The van der Waals surface area contributed by atoms with E-state index >= 15 is 0 Å². The average Bonchev–Trinajstić information content (AvgIpc) is 2.98. The fourth-order valence-electron chi connectivity index (χ4n) is 3.23. The normalized spacial score (nSPS) is 10.7. The Morgan fingerprint density at radius 2 is 1.52 bits per heavy atom. The van der Waals surface area contributed by atoms with Crippen molar-refractivity contribution in [1.82, 2.24) is 14.5 Å². The number of hydrogen-bond donors (Lipinski definition) is 3. The van der Waals surface area contributed by atoms with Crippen molar-refractivity contribution in [2.75, 3.05) is 17.7 Å². The molecule has 3 aromatic rings. The number of fused-ring (bicyclic) bond motifs is 1. The van der Waals surface area contributed by atoms with Gasteiger partial charge in [-0.25, -0.2) is 9.59 Å². The van der Waals surface area contributed by atoms with Gasteiger partial charge in [-0.15, -0.1) is 0 Å². The number of nitrogens with one attached hydrogen (secondary N) is 3. The van der Waals surface area contributed by atoms with Gasteiger partial charge < -0.3 is 16.0 Å². The summed E-state index contributed by atoms with van der Waals surface area (Å²) in [6.07, 6.45) is 1.02. The van der Waals surface area contributed by atoms with Crippen LogP contribution < -0.4 is 21.6 Å². The summed E-state index contributed by atoms with van der Waals surface area (Å²) in [6.45, 7) is 2.96. The van der Waals surface area contributed by atoms with Crippen LogP contribution in [0.3, 0.4) is 0 Å². The van der Waals surface area contributed by atoms with Crippen LogP contribution in [-0.4, -0.2) is 28.1 Å². The summed E-state index contributed by atoms with van der Waals surface area (Å²) < 4.78 is 3.40. The molecule has 8 heteroatoms. The fraction of sp³-hybridized carbons (Fsp3) is 0.286. The molecule has 3 amide bonds. The zero-order valence-electron chi connectivity index (χ0n) is 16.6. The highest BCUT2D eigenvalue weighted by atomic mass is 16.2. The summed E-state index contributed by atoms with van der Waals surface area (Å²) in [5.41, 5.74) is 2.76. The van der Waals surface area contributed by atoms with Crippen molar-refractivity contribution in [3.63, 3.8) is 0 Å². The minimum atomic E-state index is -0.337. The summed E-state index contributed by atoms with van der Waals surface area (Å²) in [5, 5.41) is 7.94. The number of para-hydroxylation sites is 2. The number of carbonyl (C=O) groups is 2. The van der Waals surface area contributed by atoms with Gasteiger partial charge in [0, 0.05) is 37.9 Å². The lowest BCUT2D eigenvalue weighted by atomic mass is 10.2. The number of benzene rings is 2. The highest BCUT2D eigenvalue weighted by molar-refractivity contribution is 5.93. The molecule has 29 heavy (non-hydrogen) atoms. The number of hydrogen-bond acceptors (Lipinski definition) is 3. The molecule has 0 unspecified atom stereocenters. The molecule has 152 valence electrons. The number of urea groups is 1. The first-order valence-electron chi connectivity index (χ1n) is 9.60. The fourth-order valence-corrected chi connectivity index (χ4v) is 3.23. The molecule has 0 bridgehead atoms. The van der Waals surface area contributed by atoms with Gasteiger partial charge in [0.15, 0.2) is 0 Å². The Balaban J connectivity index is 1.70. The van der Waals surface area contributed by atoms with Crippen LogP contribution >= 0.6 is 0 Å². The Bertz CT molecular complexity index is 1080. The lowest BCUT2D eigenvalue weighted by Crippen LogP contribution is -2.26. The van der Waals surface area contributed by atoms with Crippen LogP contribution in [0.1, 0.15) is 19.8 Å². The third kappa shape index (κ3) is 4.66. The van der Waals surface area contributed by atoms with Crippen molar-refractivity contribution in [2.45, 2.75) is 32.9 Å². The molecule has 0 fully saturated rings. The number of aromatic nitrogens is 2. The van der Waals surface area contributed by atoms with Gasteiger partial charge in [0.2, 0.25) is 5.91 Å². The molecule has 1 aromatic heterocycles. The van der Waals surface area contributed by atoms with E-state index in [1.54, 1.807) is 33.4 Å². The third-order valence-electron chi connectivity index (χ3n) is 4.57. The first kappa shape index (κ1) is 20.2. The maximum absolute atomic E-state index is 12.8. The molecule has 0 saturated heterocycles. The molecular formula is C21H25N5O3. The number of aryl methyl sites for hydroxylation is 2. The highest BCUT2D eigenvalue weighted by Crippen LogP contribution is 2.16. The second kappa shape index (κ2) is 9.09. The van der Waals surface area contributed by atoms with Gasteiger partial charge in [-0.05, 0) is 36.8 Å². The minimum absolute atomic E-state index is 0.0994. The molecular weight excluding hydrogens is 370 g/mol. The summed E-state index contributed by atoms with van der Waals surface area (Å²) >= 11 is 0. The smallest absolute Gasteiger partial charge is 0.329 e. The van der Waals surface area contributed by atoms with Gasteiger partial charge in [0.05, 0.1) is 11.0 Å². The summed E-state index contributed by atoms with van der Waals surface area (Å²) in [6, 6.07) is 14.2. The van der Waals surface area contributed by atoms with Crippen LogP contribution in [0.4, 0.5) is 16.2 Å². The molecule has 1 heterocycles. The van der Waals surface area contributed by atoms with E-state index in [1.807, 2.05) is 31.2 Å². The van der Waals surface area contributed by atoms with Gasteiger partial charge in [-0.3, -0.25) is 13.9 Å². The SMILES string of the molecule is CCCn1c(=O)n(CCC(=O)Nc2cccc(NC(=O)NC)c2)c2ccccc21. The van der Waals surface area contributed by atoms with Crippen molar-refractivity contribution < 1.29 is 9.59 Å². The number of carbonyl (C=O) groups excluding carboxylic acids is 2. The monoisotopic (exact) mass is 395 g/mol. The van der Waals surface area contributed by atoms with Crippen molar-refractivity contribution >= 4 is 34.3 Å². The van der Waals surface area contributed by atoms with E-state index in [0.717, 1.165) is 17.5 Å². The van der Waals surface area contributed by atoms with Gasteiger partial charge in [-0.1, -0.05) is 25.1 Å². The number of amides is 3. The largest absolute Gasteiger partial charge is 0.341 e. The van der Waals surface area contributed by atoms with E-state index in [2.05, 4.69) is 16.0 Å².